The Morgan fingerprint density at radius 1 is 1.56 bits per heavy atom. The van der Waals surface area contributed by atoms with Crippen LogP contribution < -0.4 is 5.32 Å². The Labute approximate surface area is 103 Å². The molecule has 0 fully saturated rings. The minimum Gasteiger partial charge on any atom is -0.481 e. The van der Waals surface area contributed by atoms with Crippen molar-refractivity contribution in [1.29, 1.82) is 5.26 Å². The van der Waals surface area contributed by atoms with Crippen LogP contribution in [0.3, 0.4) is 0 Å². The Bertz CT molecular complexity index is 508. The Hall–Kier alpha value is -2.62. The molecule has 94 valence electrons. The van der Waals surface area contributed by atoms with E-state index in [1.165, 1.54) is 18.2 Å². The fraction of sp³-hybridized carbons (Fsp3) is 0.273. The fourth-order valence-electron chi connectivity index (χ4n) is 1.37. The molecule has 7 nitrogen and oxygen atoms in total. The van der Waals surface area contributed by atoms with E-state index in [2.05, 4.69) is 5.32 Å². The van der Waals surface area contributed by atoms with Gasteiger partial charge in [0.15, 0.2) is 0 Å². The van der Waals surface area contributed by atoms with E-state index in [0.29, 0.717) is 18.5 Å². The number of nitro groups is 1. The molecule has 0 unspecified atom stereocenters. The largest absolute Gasteiger partial charge is 0.481 e. The predicted octanol–water partition coefficient (Wildman–Crippen LogP) is 1.74. The monoisotopic (exact) mass is 249 g/mol. The second kappa shape index (κ2) is 6.20. The zero-order valence-corrected chi connectivity index (χ0v) is 9.42. The molecule has 0 atom stereocenters. The van der Waals surface area contributed by atoms with Crippen molar-refractivity contribution in [3.05, 3.63) is 33.9 Å². The van der Waals surface area contributed by atoms with Gasteiger partial charge >= 0.3 is 5.97 Å². The van der Waals surface area contributed by atoms with E-state index in [9.17, 15) is 14.9 Å². The quantitative estimate of drug-likeness (QED) is 0.450. The average molecular weight is 249 g/mol. The molecule has 0 radical (unpaired) electrons. The summed E-state index contributed by atoms with van der Waals surface area (Å²) in [6.45, 7) is 0.294. The van der Waals surface area contributed by atoms with Crippen molar-refractivity contribution in [2.45, 2.75) is 12.8 Å². The molecule has 0 spiro atoms. The summed E-state index contributed by atoms with van der Waals surface area (Å²) in [5, 5.41) is 30.7. The number of hydrogen-bond acceptors (Lipinski definition) is 5. The number of nitro benzene ring substituents is 1. The van der Waals surface area contributed by atoms with Crippen LogP contribution in [-0.4, -0.2) is 22.5 Å². The Morgan fingerprint density at radius 3 is 2.83 bits per heavy atom. The lowest BCUT2D eigenvalue weighted by molar-refractivity contribution is -0.384. The van der Waals surface area contributed by atoms with Crippen molar-refractivity contribution in [3.63, 3.8) is 0 Å². The molecule has 1 rings (SSSR count). The van der Waals surface area contributed by atoms with Gasteiger partial charge in [-0.1, -0.05) is 0 Å². The third kappa shape index (κ3) is 3.75. The molecule has 1 aromatic carbocycles. The normalized spacial score (nSPS) is 9.50. The number of nitrogens with one attached hydrogen (secondary N) is 1. The van der Waals surface area contributed by atoms with Gasteiger partial charge in [-0.25, -0.2) is 0 Å². The highest BCUT2D eigenvalue weighted by Crippen LogP contribution is 2.25. The van der Waals surface area contributed by atoms with E-state index >= 15 is 0 Å². The minimum atomic E-state index is -0.919. The van der Waals surface area contributed by atoms with E-state index < -0.39 is 10.9 Å². The summed E-state index contributed by atoms with van der Waals surface area (Å²) in [4.78, 5) is 20.5. The zero-order chi connectivity index (χ0) is 13.5. The van der Waals surface area contributed by atoms with Gasteiger partial charge in [0.1, 0.15) is 5.69 Å². The van der Waals surface area contributed by atoms with Crippen LogP contribution >= 0.6 is 0 Å². The average Bonchev–Trinajstić information content (AvgIpc) is 2.33. The molecule has 0 bridgehead atoms. The van der Waals surface area contributed by atoms with Crippen molar-refractivity contribution < 1.29 is 14.8 Å². The number of nitriles is 1. The molecule has 0 aliphatic carbocycles. The second-order valence-electron chi connectivity index (χ2n) is 3.52. The Morgan fingerprint density at radius 2 is 2.28 bits per heavy atom. The molecule has 0 saturated heterocycles. The minimum absolute atomic E-state index is 0.0151. The first kappa shape index (κ1) is 13.4. The maximum atomic E-state index is 10.8. The fourth-order valence-corrected chi connectivity index (χ4v) is 1.37. The van der Waals surface area contributed by atoms with Crippen molar-refractivity contribution in [3.8, 4) is 6.07 Å². The van der Waals surface area contributed by atoms with Gasteiger partial charge < -0.3 is 10.4 Å². The molecule has 0 amide bonds. The molecule has 0 aliphatic heterocycles. The predicted molar refractivity (Wildman–Crippen MR) is 63.2 cm³/mol. The van der Waals surface area contributed by atoms with Gasteiger partial charge in [-0.3, -0.25) is 14.9 Å². The third-order valence-corrected chi connectivity index (χ3v) is 2.21. The maximum absolute atomic E-state index is 10.8. The molecular formula is C11H11N3O4. The van der Waals surface area contributed by atoms with Crippen LogP contribution in [0, 0.1) is 21.4 Å². The van der Waals surface area contributed by atoms with Gasteiger partial charge in [-0.15, -0.1) is 0 Å². The summed E-state index contributed by atoms with van der Waals surface area (Å²) < 4.78 is 0. The lowest BCUT2D eigenvalue weighted by Crippen LogP contribution is -2.06. The number of anilines is 1. The number of nitrogens with zero attached hydrogens (tertiary/aromatic N) is 2. The number of carbonyl (C=O) groups is 1. The van der Waals surface area contributed by atoms with Crippen molar-refractivity contribution >= 4 is 17.3 Å². The maximum Gasteiger partial charge on any atom is 0.303 e. The number of benzene rings is 1. The van der Waals surface area contributed by atoms with Gasteiger partial charge in [0, 0.05) is 19.0 Å². The first-order chi connectivity index (χ1) is 8.54. The van der Waals surface area contributed by atoms with Crippen LogP contribution in [-0.2, 0) is 4.79 Å². The smallest absolute Gasteiger partial charge is 0.303 e. The highest BCUT2D eigenvalue weighted by molar-refractivity contribution is 5.67. The standard InChI is InChI=1S/C11H11N3O4/c12-7-8-3-4-10(14(17)18)9(6-8)13-5-1-2-11(15)16/h3-4,6,13H,1-2,5H2,(H,15,16). The molecule has 1 aromatic rings. The van der Waals surface area contributed by atoms with Gasteiger partial charge in [0.25, 0.3) is 5.69 Å². The van der Waals surface area contributed by atoms with Crippen LogP contribution in [0.25, 0.3) is 0 Å². The van der Waals surface area contributed by atoms with Gasteiger partial charge in [-0.05, 0) is 18.6 Å². The van der Waals surface area contributed by atoms with E-state index in [0.717, 1.165) is 0 Å². The molecular weight excluding hydrogens is 238 g/mol. The van der Waals surface area contributed by atoms with Gasteiger partial charge in [-0.2, -0.15) is 5.26 Å². The number of rotatable bonds is 6. The molecule has 7 heteroatoms. The summed E-state index contributed by atoms with van der Waals surface area (Å²) in [6.07, 6.45) is 0.335. The van der Waals surface area contributed by atoms with Crippen LogP contribution in [0.2, 0.25) is 0 Å². The summed E-state index contributed by atoms with van der Waals surface area (Å²) in [5.74, 6) is -0.919. The molecule has 0 aromatic heterocycles. The van der Waals surface area contributed by atoms with Crippen LogP contribution in [0.4, 0.5) is 11.4 Å². The number of hydrogen-bond donors (Lipinski definition) is 2. The third-order valence-electron chi connectivity index (χ3n) is 2.21. The highest BCUT2D eigenvalue weighted by atomic mass is 16.6. The topological polar surface area (TPSA) is 116 Å². The Balaban J connectivity index is 2.75. The molecule has 2 N–H and O–H groups in total. The summed E-state index contributed by atoms with van der Waals surface area (Å²) >= 11 is 0. The number of carboxylic acids is 1. The lowest BCUT2D eigenvalue weighted by Gasteiger charge is -2.06. The Kier molecular flexibility index (Phi) is 4.63. The van der Waals surface area contributed by atoms with Crippen LogP contribution in [0.5, 0.6) is 0 Å². The van der Waals surface area contributed by atoms with E-state index in [1.54, 1.807) is 0 Å². The molecule has 0 saturated carbocycles. The van der Waals surface area contributed by atoms with Crippen LogP contribution in [0.1, 0.15) is 18.4 Å². The van der Waals surface area contributed by atoms with Crippen LogP contribution in [0.15, 0.2) is 18.2 Å². The molecule has 18 heavy (non-hydrogen) atoms. The van der Waals surface area contributed by atoms with Gasteiger partial charge in [0.2, 0.25) is 0 Å². The molecule has 0 heterocycles. The number of carboxylic acid groups (broad SMARTS) is 1. The SMILES string of the molecule is N#Cc1ccc([N+](=O)[O-])c(NCCCC(=O)O)c1. The zero-order valence-electron chi connectivity index (χ0n) is 9.42. The van der Waals surface area contributed by atoms with Crippen molar-refractivity contribution in [2.75, 3.05) is 11.9 Å². The second-order valence-corrected chi connectivity index (χ2v) is 3.52. The lowest BCUT2D eigenvalue weighted by atomic mass is 10.2. The first-order valence-electron chi connectivity index (χ1n) is 5.19. The van der Waals surface area contributed by atoms with E-state index in [-0.39, 0.29) is 17.8 Å². The summed E-state index contributed by atoms with van der Waals surface area (Å²) in [6, 6.07) is 5.87. The van der Waals surface area contributed by atoms with E-state index in [1.807, 2.05) is 6.07 Å². The number of aliphatic carboxylic acids is 1. The van der Waals surface area contributed by atoms with E-state index in [4.69, 9.17) is 10.4 Å². The first-order valence-corrected chi connectivity index (χ1v) is 5.19. The summed E-state index contributed by atoms with van der Waals surface area (Å²) in [7, 11) is 0. The van der Waals surface area contributed by atoms with Crippen molar-refractivity contribution in [1.82, 2.24) is 0 Å². The van der Waals surface area contributed by atoms with Crippen molar-refractivity contribution in [2.24, 2.45) is 0 Å². The highest BCUT2D eigenvalue weighted by Gasteiger charge is 2.13. The van der Waals surface area contributed by atoms with Gasteiger partial charge in [0.05, 0.1) is 16.6 Å². The molecule has 0 aliphatic rings. The summed E-state index contributed by atoms with van der Waals surface area (Å²) in [5.41, 5.74) is 0.398.